The number of nitrogens with one attached hydrogen (secondary N) is 1. The number of thiocarbonyl (C=S) groups is 1. The van der Waals surface area contributed by atoms with E-state index in [1.165, 1.54) is 0 Å². The molecule has 3 aromatic rings. The first-order valence-corrected chi connectivity index (χ1v) is 16.9. The van der Waals surface area contributed by atoms with Gasteiger partial charge in [0.25, 0.3) is 5.91 Å². The van der Waals surface area contributed by atoms with Gasteiger partial charge in [0.1, 0.15) is 16.5 Å². The van der Waals surface area contributed by atoms with Crippen molar-refractivity contribution in [2.75, 3.05) is 70.8 Å². The molecule has 1 aliphatic rings. The number of aryl methyl sites for hydroxylation is 1. The van der Waals surface area contributed by atoms with Crippen molar-refractivity contribution in [2.24, 2.45) is 11.7 Å². The van der Waals surface area contributed by atoms with Crippen LogP contribution in [0.25, 0.3) is 0 Å². The number of carbonyl (C=O) groups excluding carboxylic acids is 2. The normalized spacial score (nSPS) is 13.4. The number of amides is 2. The molecular weight excluding hydrogens is 681 g/mol. The molecule has 268 valence electrons. The Kier molecular flexibility index (Phi) is 17.9. The first-order valence-electron chi connectivity index (χ1n) is 16.4. The maximum Gasteiger partial charge on any atom is 0.258 e. The van der Waals surface area contributed by atoms with Gasteiger partial charge in [-0.05, 0) is 81.1 Å². The van der Waals surface area contributed by atoms with Crippen LogP contribution in [0.2, 0.25) is 0 Å². The number of methoxy groups -OCH3 is 1. The fourth-order valence-electron chi connectivity index (χ4n) is 5.63. The van der Waals surface area contributed by atoms with Gasteiger partial charge in [0.15, 0.2) is 0 Å². The molecule has 0 aliphatic carbocycles. The van der Waals surface area contributed by atoms with Gasteiger partial charge in [-0.15, -0.1) is 24.8 Å². The lowest BCUT2D eigenvalue weighted by Gasteiger charge is -2.32. The van der Waals surface area contributed by atoms with Crippen molar-refractivity contribution < 1.29 is 19.1 Å². The standard InChI is InChI=1S/C37H49N5O4S.2ClH/c1-27(15-18-35(43)42-23-21-40(2)22-24-42)19-25-46-33-14-8-7-13-32(33)41(3)37(44)29-16-17-31(34(26-29)45-4)39-36(47)30-12-6-5-10-28(30)11-9-20-38;;/h5-8,10,12-14,16-17,26-27H,9,11,15,18-25,38H2,1-4H3,(H,39,47);2*1H. The van der Waals surface area contributed by atoms with Gasteiger partial charge < -0.3 is 35.2 Å². The van der Waals surface area contributed by atoms with Crippen molar-refractivity contribution in [3.8, 4) is 11.5 Å². The summed E-state index contributed by atoms with van der Waals surface area (Å²) in [7, 11) is 5.40. The number of rotatable bonds is 15. The molecule has 0 aromatic heterocycles. The lowest BCUT2D eigenvalue weighted by atomic mass is 10.0. The van der Waals surface area contributed by atoms with E-state index < -0.39 is 0 Å². The Hall–Kier alpha value is -3.41. The van der Waals surface area contributed by atoms with Gasteiger partial charge in [-0.25, -0.2) is 0 Å². The van der Waals surface area contributed by atoms with Crippen molar-refractivity contribution >= 4 is 65.2 Å². The minimum atomic E-state index is -0.198. The lowest BCUT2D eigenvalue weighted by Crippen LogP contribution is -2.47. The molecule has 0 saturated carbocycles. The molecule has 0 radical (unpaired) electrons. The maximum atomic E-state index is 13.7. The summed E-state index contributed by atoms with van der Waals surface area (Å²) in [4.78, 5) is 32.7. The Balaban J connectivity index is 0.00000417. The molecule has 4 rings (SSSR count). The number of nitrogens with two attached hydrogens (primary N) is 1. The predicted octanol–water partition coefficient (Wildman–Crippen LogP) is 6.45. The van der Waals surface area contributed by atoms with Gasteiger partial charge in [0.2, 0.25) is 5.91 Å². The van der Waals surface area contributed by atoms with E-state index >= 15 is 0 Å². The van der Waals surface area contributed by atoms with Crippen LogP contribution in [-0.4, -0.2) is 87.1 Å². The third-order valence-electron chi connectivity index (χ3n) is 8.72. The Morgan fingerprint density at radius 3 is 2.39 bits per heavy atom. The monoisotopic (exact) mass is 731 g/mol. The van der Waals surface area contributed by atoms with Crippen molar-refractivity contribution in [3.63, 3.8) is 0 Å². The zero-order valence-corrected chi connectivity index (χ0v) is 31.4. The first-order chi connectivity index (χ1) is 22.7. The fourth-order valence-corrected chi connectivity index (χ4v) is 5.94. The van der Waals surface area contributed by atoms with Gasteiger partial charge in [0, 0.05) is 50.8 Å². The van der Waals surface area contributed by atoms with Gasteiger partial charge >= 0.3 is 0 Å². The topological polar surface area (TPSA) is 100 Å². The van der Waals surface area contributed by atoms with Crippen LogP contribution in [0.5, 0.6) is 11.5 Å². The highest BCUT2D eigenvalue weighted by atomic mass is 35.5. The average molecular weight is 733 g/mol. The molecule has 1 aliphatic heterocycles. The van der Waals surface area contributed by atoms with Crippen LogP contribution in [0.4, 0.5) is 11.4 Å². The summed E-state index contributed by atoms with van der Waals surface area (Å²) in [5.74, 6) is 1.52. The van der Waals surface area contributed by atoms with E-state index in [0.29, 0.717) is 58.9 Å². The summed E-state index contributed by atoms with van der Waals surface area (Å²) < 4.78 is 11.8. The molecular formula is C37H51Cl2N5O4S. The predicted molar refractivity (Wildman–Crippen MR) is 208 cm³/mol. The van der Waals surface area contributed by atoms with E-state index in [4.69, 9.17) is 27.4 Å². The zero-order valence-electron chi connectivity index (χ0n) is 29.0. The maximum absolute atomic E-state index is 13.7. The molecule has 1 fully saturated rings. The number of piperazine rings is 1. The molecule has 1 atom stereocenters. The highest BCUT2D eigenvalue weighted by Crippen LogP contribution is 2.31. The number of ether oxygens (including phenoxy) is 2. The van der Waals surface area contributed by atoms with Gasteiger partial charge in [-0.3, -0.25) is 9.59 Å². The van der Waals surface area contributed by atoms with Crippen LogP contribution in [-0.2, 0) is 11.2 Å². The second-order valence-corrected chi connectivity index (χ2v) is 12.6. The number of hydrogen-bond donors (Lipinski definition) is 2. The zero-order chi connectivity index (χ0) is 33.8. The highest BCUT2D eigenvalue weighted by molar-refractivity contribution is 7.81. The minimum Gasteiger partial charge on any atom is -0.495 e. The van der Waals surface area contributed by atoms with Gasteiger partial charge in [0.05, 0.1) is 25.1 Å². The number of para-hydroxylation sites is 2. The molecule has 2 amide bonds. The second-order valence-electron chi connectivity index (χ2n) is 12.2. The summed E-state index contributed by atoms with van der Waals surface area (Å²) in [6.45, 7) is 6.74. The molecule has 1 saturated heterocycles. The third kappa shape index (κ3) is 11.9. The largest absolute Gasteiger partial charge is 0.495 e. The Morgan fingerprint density at radius 1 is 0.980 bits per heavy atom. The van der Waals surface area contributed by atoms with E-state index in [9.17, 15) is 9.59 Å². The summed E-state index contributed by atoms with van der Waals surface area (Å²) in [6, 6.07) is 20.9. The number of hydrogen-bond acceptors (Lipinski definition) is 7. The molecule has 3 N–H and O–H groups in total. The van der Waals surface area contributed by atoms with Crippen LogP contribution >= 0.6 is 37.0 Å². The Morgan fingerprint density at radius 2 is 1.67 bits per heavy atom. The molecule has 3 aromatic carbocycles. The van der Waals surface area contributed by atoms with Gasteiger partial charge in [-0.1, -0.05) is 55.5 Å². The summed E-state index contributed by atoms with van der Waals surface area (Å²) in [6.07, 6.45) is 3.91. The van der Waals surface area contributed by atoms with E-state index in [0.717, 1.165) is 63.0 Å². The molecule has 0 bridgehead atoms. The quantitative estimate of drug-likeness (QED) is 0.172. The molecule has 12 heteroatoms. The summed E-state index contributed by atoms with van der Waals surface area (Å²) in [5.41, 5.74) is 9.63. The van der Waals surface area contributed by atoms with Crippen LogP contribution < -0.4 is 25.4 Å². The summed E-state index contributed by atoms with van der Waals surface area (Å²) in [5, 5.41) is 3.30. The van der Waals surface area contributed by atoms with Crippen molar-refractivity contribution in [1.29, 1.82) is 0 Å². The minimum absolute atomic E-state index is 0. The van der Waals surface area contributed by atoms with Crippen molar-refractivity contribution in [2.45, 2.75) is 39.0 Å². The van der Waals surface area contributed by atoms with Gasteiger partial charge in [-0.2, -0.15) is 0 Å². The second kappa shape index (κ2) is 21.0. The highest BCUT2D eigenvalue weighted by Gasteiger charge is 2.21. The molecule has 49 heavy (non-hydrogen) atoms. The third-order valence-corrected chi connectivity index (χ3v) is 9.04. The molecule has 9 nitrogen and oxygen atoms in total. The number of halogens is 2. The number of anilines is 2. The average Bonchev–Trinajstić information content (AvgIpc) is 3.09. The van der Waals surface area contributed by atoms with Crippen LogP contribution in [0, 0.1) is 5.92 Å². The Bertz CT molecular complexity index is 1520. The van der Waals surface area contributed by atoms with Crippen molar-refractivity contribution in [3.05, 3.63) is 83.4 Å². The Labute approximate surface area is 309 Å². The number of nitrogens with zero attached hydrogens (tertiary/aromatic N) is 3. The fraction of sp³-hybridized carbons (Fsp3) is 0.432. The van der Waals surface area contributed by atoms with Crippen molar-refractivity contribution in [1.82, 2.24) is 9.80 Å². The van der Waals surface area contributed by atoms with Crippen LogP contribution in [0.15, 0.2) is 66.7 Å². The summed E-state index contributed by atoms with van der Waals surface area (Å²) >= 11 is 5.75. The van der Waals surface area contributed by atoms with E-state index in [1.807, 2.05) is 53.4 Å². The molecule has 1 heterocycles. The van der Waals surface area contributed by atoms with E-state index in [1.54, 1.807) is 31.2 Å². The van der Waals surface area contributed by atoms with E-state index in [2.05, 4.69) is 30.3 Å². The lowest BCUT2D eigenvalue weighted by molar-refractivity contribution is -0.133. The van der Waals surface area contributed by atoms with Crippen LogP contribution in [0.3, 0.4) is 0 Å². The smallest absolute Gasteiger partial charge is 0.258 e. The number of carbonyl (C=O) groups is 2. The first kappa shape index (κ1) is 41.8. The number of likely N-dealkylation sites (N-methyl/N-ethyl adjacent to an activating group) is 1. The molecule has 0 spiro atoms. The van der Waals surface area contributed by atoms with Crippen LogP contribution in [0.1, 0.15) is 54.1 Å². The number of benzene rings is 3. The SMILES string of the molecule is COc1cc(C(=O)N(C)c2ccccc2OCCC(C)CCC(=O)N2CCN(C)CC2)ccc1NC(=S)c1ccccc1CCCN.Cl.Cl. The van der Waals surface area contributed by atoms with E-state index in [-0.39, 0.29) is 36.6 Å². The molecule has 1 unspecified atom stereocenters.